The molecule has 0 aliphatic rings. The SMILES string of the molecule is CC(=O)N[C@@H](Cc1ccc(F)cc1)C(=O)N[C@@H](Cc1c(Cl)cccc1Cl)C(N)=O. The summed E-state index contributed by atoms with van der Waals surface area (Å²) in [6.45, 7) is 1.26. The van der Waals surface area contributed by atoms with Gasteiger partial charge in [0.2, 0.25) is 17.7 Å². The molecule has 4 N–H and O–H groups in total. The normalized spacial score (nSPS) is 12.7. The molecular formula is C20H20Cl2FN3O3. The zero-order valence-corrected chi connectivity index (χ0v) is 17.1. The molecule has 0 saturated carbocycles. The van der Waals surface area contributed by atoms with Crippen molar-refractivity contribution < 1.29 is 18.8 Å². The van der Waals surface area contributed by atoms with Gasteiger partial charge in [0, 0.05) is 29.8 Å². The third-order valence-corrected chi connectivity index (χ3v) is 4.89. The Kier molecular flexibility index (Phi) is 7.99. The van der Waals surface area contributed by atoms with Crippen molar-refractivity contribution in [2.45, 2.75) is 31.8 Å². The predicted octanol–water partition coefficient (Wildman–Crippen LogP) is 2.39. The molecule has 0 spiro atoms. The first-order valence-electron chi connectivity index (χ1n) is 8.71. The highest BCUT2D eigenvalue weighted by Crippen LogP contribution is 2.25. The van der Waals surface area contributed by atoms with Crippen molar-refractivity contribution in [3.63, 3.8) is 0 Å². The summed E-state index contributed by atoms with van der Waals surface area (Å²) in [4.78, 5) is 36.2. The van der Waals surface area contributed by atoms with Gasteiger partial charge in [-0.1, -0.05) is 41.4 Å². The summed E-state index contributed by atoms with van der Waals surface area (Å²) in [5.41, 5.74) is 6.53. The molecule has 29 heavy (non-hydrogen) atoms. The Labute approximate surface area is 177 Å². The highest BCUT2D eigenvalue weighted by atomic mass is 35.5. The molecule has 6 nitrogen and oxygen atoms in total. The lowest BCUT2D eigenvalue weighted by molar-refractivity contribution is -0.130. The quantitative estimate of drug-likeness (QED) is 0.588. The van der Waals surface area contributed by atoms with Crippen molar-refractivity contribution in [1.82, 2.24) is 10.6 Å². The molecule has 0 fully saturated rings. The number of primary amides is 1. The van der Waals surface area contributed by atoms with Crippen LogP contribution in [0, 0.1) is 5.82 Å². The summed E-state index contributed by atoms with van der Waals surface area (Å²) in [6, 6.07) is 8.31. The van der Waals surface area contributed by atoms with Crippen LogP contribution in [0.4, 0.5) is 4.39 Å². The minimum atomic E-state index is -1.09. The summed E-state index contributed by atoms with van der Waals surface area (Å²) in [6.07, 6.45) is 0.0902. The molecule has 0 radical (unpaired) electrons. The zero-order chi connectivity index (χ0) is 21.6. The minimum Gasteiger partial charge on any atom is -0.368 e. The second-order valence-corrected chi connectivity index (χ2v) is 7.27. The van der Waals surface area contributed by atoms with Gasteiger partial charge in [0.05, 0.1) is 0 Å². The maximum Gasteiger partial charge on any atom is 0.243 e. The lowest BCUT2D eigenvalue weighted by Crippen LogP contribution is -2.54. The lowest BCUT2D eigenvalue weighted by Gasteiger charge is -2.22. The number of nitrogens with two attached hydrogens (primary N) is 1. The number of rotatable bonds is 8. The number of nitrogens with one attached hydrogen (secondary N) is 2. The molecule has 0 unspecified atom stereocenters. The molecule has 2 rings (SSSR count). The first kappa shape index (κ1) is 22.6. The number of amides is 3. The van der Waals surface area contributed by atoms with Gasteiger partial charge in [-0.05, 0) is 35.4 Å². The van der Waals surface area contributed by atoms with Gasteiger partial charge in [-0.25, -0.2) is 4.39 Å². The molecule has 2 aromatic rings. The van der Waals surface area contributed by atoms with Gasteiger partial charge in [-0.2, -0.15) is 0 Å². The first-order chi connectivity index (χ1) is 13.7. The van der Waals surface area contributed by atoms with E-state index in [1.165, 1.54) is 31.2 Å². The third kappa shape index (κ3) is 6.73. The largest absolute Gasteiger partial charge is 0.368 e. The van der Waals surface area contributed by atoms with Gasteiger partial charge >= 0.3 is 0 Å². The average Bonchev–Trinajstić information content (AvgIpc) is 2.64. The van der Waals surface area contributed by atoms with E-state index in [1.807, 2.05) is 0 Å². The van der Waals surface area contributed by atoms with Crippen LogP contribution < -0.4 is 16.4 Å². The number of carbonyl (C=O) groups excluding carboxylic acids is 3. The molecule has 0 aromatic heterocycles. The fourth-order valence-corrected chi connectivity index (χ4v) is 3.29. The summed E-state index contributed by atoms with van der Waals surface area (Å²) < 4.78 is 13.1. The molecule has 0 saturated heterocycles. The van der Waals surface area contributed by atoms with Gasteiger partial charge in [0.1, 0.15) is 17.9 Å². The van der Waals surface area contributed by atoms with E-state index in [0.717, 1.165) is 0 Å². The number of hydrogen-bond donors (Lipinski definition) is 3. The van der Waals surface area contributed by atoms with Gasteiger partial charge in [0.15, 0.2) is 0 Å². The fourth-order valence-electron chi connectivity index (χ4n) is 2.74. The standard InChI is InChI=1S/C20H20Cl2FN3O3/c1-11(27)25-18(9-12-5-7-13(23)8-6-12)20(29)26-17(19(24)28)10-14-15(21)3-2-4-16(14)22/h2-8,17-18H,9-10H2,1H3,(H2,24,28)(H,25,27)(H,26,29)/t17-,18-/m0/s1. The molecule has 0 bridgehead atoms. The van der Waals surface area contributed by atoms with E-state index in [4.69, 9.17) is 28.9 Å². The molecule has 0 aliphatic heterocycles. The van der Waals surface area contributed by atoms with E-state index in [1.54, 1.807) is 18.2 Å². The van der Waals surface area contributed by atoms with Gasteiger partial charge in [-0.15, -0.1) is 0 Å². The van der Waals surface area contributed by atoms with Gasteiger partial charge in [0.25, 0.3) is 0 Å². The van der Waals surface area contributed by atoms with E-state index >= 15 is 0 Å². The van der Waals surface area contributed by atoms with Crippen molar-refractivity contribution >= 4 is 40.9 Å². The second kappa shape index (κ2) is 10.2. The fraction of sp³-hybridized carbons (Fsp3) is 0.250. The average molecular weight is 440 g/mol. The van der Waals surface area contributed by atoms with Crippen LogP contribution in [0.25, 0.3) is 0 Å². The lowest BCUT2D eigenvalue weighted by atomic mass is 10.0. The van der Waals surface area contributed by atoms with Crippen LogP contribution in [0.3, 0.4) is 0 Å². The summed E-state index contributed by atoms with van der Waals surface area (Å²) in [7, 11) is 0. The maximum atomic E-state index is 13.1. The van der Waals surface area contributed by atoms with E-state index in [0.29, 0.717) is 21.2 Å². The second-order valence-electron chi connectivity index (χ2n) is 6.45. The molecule has 154 valence electrons. The third-order valence-electron chi connectivity index (χ3n) is 4.18. The van der Waals surface area contributed by atoms with Crippen LogP contribution in [0.1, 0.15) is 18.1 Å². The van der Waals surface area contributed by atoms with Crippen molar-refractivity contribution in [3.05, 3.63) is 69.5 Å². The van der Waals surface area contributed by atoms with E-state index in [2.05, 4.69) is 10.6 Å². The summed E-state index contributed by atoms with van der Waals surface area (Å²) in [5.74, 6) is -2.24. The summed E-state index contributed by atoms with van der Waals surface area (Å²) in [5, 5.41) is 5.73. The van der Waals surface area contributed by atoms with Crippen molar-refractivity contribution in [1.29, 1.82) is 0 Å². The molecular weight excluding hydrogens is 420 g/mol. The van der Waals surface area contributed by atoms with E-state index < -0.39 is 35.6 Å². The monoisotopic (exact) mass is 439 g/mol. The Morgan fingerprint density at radius 1 is 0.966 bits per heavy atom. The highest BCUT2D eigenvalue weighted by Gasteiger charge is 2.26. The van der Waals surface area contributed by atoms with Gasteiger partial charge < -0.3 is 16.4 Å². The number of benzene rings is 2. The Hall–Kier alpha value is -2.64. The molecule has 2 atom stereocenters. The molecule has 3 amide bonds. The Morgan fingerprint density at radius 2 is 1.55 bits per heavy atom. The van der Waals surface area contributed by atoms with Crippen LogP contribution in [0.15, 0.2) is 42.5 Å². The molecule has 9 heteroatoms. The van der Waals surface area contributed by atoms with E-state index in [-0.39, 0.29) is 12.8 Å². The number of halogens is 3. The first-order valence-corrected chi connectivity index (χ1v) is 9.47. The zero-order valence-electron chi connectivity index (χ0n) is 15.5. The molecule has 0 heterocycles. The Morgan fingerprint density at radius 3 is 2.07 bits per heavy atom. The predicted molar refractivity (Wildman–Crippen MR) is 109 cm³/mol. The van der Waals surface area contributed by atoms with Crippen LogP contribution >= 0.6 is 23.2 Å². The number of carbonyl (C=O) groups is 3. The molecule has 0 aliphatic carbocycles. The number of hydrogen-bond acceptors (Lipinski definition) is 3. The van der Waals surface area contributed by atoms with E-state index in [9.17, 15) is 18.8 Å². The van der Waals surface area contributed by atoms with Crippen LogP contribution in [0.2, 0.25) is 10.0 Å². The van der Waals surface area contributed by atoms with Gasteiger partial charge in [-0.3, -0.25) is 14.4 Å². The Bertz CT molecular complexity index is 886. The van der Waals surface area contributed by atoms with Crippen molar-refractivity contribution in [2.24, 2.45) is 5.73 Å². The maximum absolute atomic E-state index is 13.1. The Balaban J connectivity index is 2.18. The topological polar surface area (TPSA) is 101 Å². The van der Waals surface area contributed by atoms with Crippen LogP contribution in [-0.4, -0.2) is 29.8 Å². The highest BCUT2D eigenvalue weighted by molar-refractivity contribution is 6.36. The summed E-state index contributed by atoms with van der Waals surface area (Å²) >= 11 is 12.3. The van der Waals surface area contributed by atoms with Crippen molar-refractivity contribution in [3.8, 4) is 0 Å². The smallest absolute Gasteiger partial charge is 0.243 e. The van der Waals surface area contributed by atoms with Crippen LogP contribution in [-0.2, 0) is 27.2 Å². The molecule has 2 aromatic carbocycles. The van der Waals surface area contributed by atoms with Crippen LogP contribution in [0.5, 0.6) is 0 Å². The van der Waals surface area contributed by atoms with Crippen molar-refractivity contribution in [2.75, 3.05) is 0 Å². The minimum absolute atomic E-state index is 0.0110.